The van der Waals surface area contributed by atoms with Crippen molar-refractivity contribution >= 4 is 17.6 Å². The first-order valence-corrected chi connectivity index (χ1v) is 9.26. The van der Waals surface area contributed by atoms with Crippen molar-refractivity contribution in [3.05, 3.63) is 65.7 Å². The van der Waals surface area contributed by atoms with Gasteiger partial charge in [0.15, 0.2) is 0 Å². The summed E-state index contributed by atoms with van der Waals surface area (Å²) >= 11 is 0. The highest BCUT2D eigenvalue weighted by Gasteiger charge is 2.16. The van der Waals surface area contributed by atoms with Gasteiger partial charge in [-0.25, -0.2) is 4.79 Å². The SMILES string of the molecule is CC(C)OC(=O)c1ccc(NC(=O)CN[C@H](c2ccccc2)C(C)C)cc1. The van der Waals surface area contributed by atoms with Crippen LogP contribution in [-0.4, -0.2) is 24.5 Å². The van der Waals surface area contributed by atoms with E-state index >= 15 is 0 Å². The van der Waals surface area contributed by atoms with Crippen LogP contribution in [0.25, 0.3) is 0 Å². The maximum atomic E-state index is 12.3. The summed E-state index contributed by atoms with van der Waals surface area (Å²) in [6, 6.07) is 16.9. The zero-order chi connectivity index (χ0) is 19.8. The molecule has 144 valence electrons. The summed E-state index contributed by atoms with van der Waals surface area (Å²) in [5.41, 5.74) is 2.26. The van der Waals surface area contributed by atoms with Crippen LogP contribution in [-0.2, 0) is 9.53 Å². The first-order valence-electron chi connectivity index (χ1n) is 9.26. The number of carbonyl (C=O) groups is 2. The Labute approximate surface area is 161 Å². The minimum atomic E-state index is -0.368. The van der Waals surface area contributed by atoms with Crippen molar-refractivity contribution in [2.24, 2.45) is 5.92 Å². The molecule has 2 rings (SSSR count). The molecule has 0 bridgehead atoms. The molecule has 5 heteroatoms. The second-order valence-corrected chi connectivity index (χ2v) is 7.09. The Morgan fingerprint density at radius 1 is 0.926 bits per heavy atom. The summed E-state index contributed by atoms with van der Waals surface area (Å²) in [6.07, 6.45) is -0.165. The van der Waals surface area contributed by atoms with Gasteiger partial charge >= 0.3 is 5.97 Å². The molecule has 0 aliphatic rings. The van der Waals surface area contributed by atoms with Crippen LogP contribution >= 0.6 is 0 Å². The number of nitrogens with one attached hydrogen (secondary N) is 2. The number of esters is 1. The molecule has 5 nitrogen and oxygen atoms in total. The Morgan fingerprint density at radius 3 is 2.11 bits per heavy atom. The van der Waals surface area contributed by atoms with E-state index < -0.39 is 0 Å². The number of rotatable bonds is 8. The third kappa shape index (κ3) is 6.53. The van der Waals surface area contributed by atoms with Gasteiger partial charge in [-0.15, -0.1) is 0 Å². The lowest BCUT2D eigenvalue weighted by molar-refractivity contribution is -0.115. The van der Waals surface area contributed by atoms with Crippen LogP contribution < -0.4 is 10.6 Å². The van der Waals surface area contributed by atoms with E-state index in [9.17, 15) is 9.59 Å². The van der Waals surface area contributed by atoms with Gasteiger partial charge in [0.2, 0.25) is 5.91 Å². The number of carbonyl (C=O) groups excluding carboxylic acids is 2. The first-order chi connectivity index (χ1) is 12.9. The lowest BCUT2D eigenvalue weighted by Gasteiger charge is -2.22. The van der Waals surface area contributed by atoms with E-state index in [4.69, 9.17) is 4.74 Å². The quantitative estimate of drug-likeness (QED) is 0.686. The predicted molar refractivity (Wildman–Crippen MR) is 108 cm³/mol. The van der Waals surface area contributed by atoms with Crippen molar-refractivity contribution in [2.75, 3.05) is 11.9 Å². The fourth-order valence-corrected chi connectivity index (χ4v) is 2.78. The van der Waals surface area contributed by atoms with Crippen molar-refractivity contribution < 1.29 is 14.3 Å². The van der Waals surface area contributed by atoms with Gasteiger partial charge in [-0.2, -0.15) is 0 Å². The van der Waals surface area contributed by atoms with E-state index in [1.54, 1.807) is 38.1 Å². The lowest BCUT2D eigenvalue weighted by atomic mass is 9.96. The largest absolute Gasteiger partial charge is 0.459 e. The summed E-state index contributed by atoms with van der Waals surface area (Å²) in [5, 5.41) is 6.16. The molecule has 1 atom stereocenters. The highest BCUT2D eigenvalue weighted by atomic mass is 16.5. The van der Waals surface area contributed by atoms with Crippen LogP contribution in [0.4, 0.5) is 5.69 Å². The molecule has 0 aliphatic carbocycles. The molecule has 2 N–H and O–H groups in total. The molecule has 0 fully saturated rings. The molecular weight excluding hydrogens is 340 g/mol. The van der Waals surface area contributed by atoms with Gasteiger partial charge in [0.25, 0.3) is 0 Å². The third-order valence-electron chi connectivity index (χ3n) is 4.05. The van der Waals surface area contributed by atoms with Crippen LogP contribution in [0.15, 0.2) is 54.6 Å². The second kappa shape index (κ2) is 9.88. The molecule has 0 spiro atoms. The number of ether oxygens (including phenoxy) is 1. The summed E-state index contributed by atoms with van der Waals surface area (Å²) in [7, 11) is 0. The fraction of sp³-hybridized carbons (Fsp3) is 0.364. The summed E-state index contributed by atoms with van der Waals surface area (Å²) in [6.45, 7) is 8.06. The van der Waals surface area contributed by atoms with Crippen molar-refractivity contribution in [2.45, 2.75) is 39.8 Å². The molecule has 0 saturated heterocycles. The van der Waals surface area contributed by atoms with E-state index in [0.717, 1.165) is 5.56 Å². The fourth-order valence-electron chi connectivity index (χ4n) is 2.78. The Balaban J connectivity index is 1.90. The Morgan fingerprint density at radius 2 is 1.56 bits per heavy atom. The van der Waals surface area contributed by atoms with Crippen LogP contribution in [0.1, 0.15) is 49.7 Å². The average molecular weight is 368 g/mol. The Hall–Kier alpha value is -2.66. The van der Waals surface area contributed by atoms with Gasteiger partial charge < -0.3 is 15.4 Å². The molecule has 0 aliphatic heterocycles. The lowest BCUT2D eigenvalue weighted by Crippen LogP contribution is -2.33. The van der Waals surface area contributed by atoms with E-state index in [-0.39, 0.29) is 30.6 Å². The minimum absolute atomic E-state index is 0.102. The molecule has 0 radical (unpaired) electrons. The molecule has 0 saturated carbocycles. The summed E-state index contributed by atoms with van der Waals surface area (Å²) in [4.78, 5) is 24.1. The van der Waals surface area contributed by atoms with Crippen LogP contribution in [0.2, 0.25) is 0 Å². The smallest absolute Gasteiger partial charge is 0.338 e. The van der Waals surface area contributed by atoms with Gasteiger partial charge in [0.1, 0.15) is 0 Å². The Kier molecular flexibility index (Phi) is 7.55. The van der Waals surface area contributed by atoms with Gasteiger partial charge in [0, 0.05) is 11.7 Å². The summed E-state index contributed by atoms with van der Waals surface area (Å²) < 4.78 is 5.15. The second-order valence-electron chi connectivity index (χ2n) is 7.09. The number of benzene rings is 2. The minimum Gasteiger partial charge on any atom is -0.459 e. The van der Waals surface area contributed by atoms with Crippen LogP contribution in [0.5, 0.6) is 0 Å². The van der Waals surface area contributed by atoms with E-state index in [2.05, 4.69) is 36.6 Å². The zero-order valence-corrected chi connectivity index (χ0v) is 16.4. The molecular formula is C22H28N2O3. The Bertz CT molecular complexity index is 740. The van der Waals surface area contributed by atoms with Crippen LogP contribution in [0.3, 0.4) is 0 Å². The topological polar surface area (TPSA) is 67.4 Å². The molecule has 2 aromatic carbocycles. The molecule has 0 unspecified atom stereocenters. The van der Waals surface area contributed by atoms with Gasteiger partial charge in [-0.3, -0.25) is 4.79 Å². The third-order valence-corrected chi connectivity index (χ3v) is 4.05. The number of anilines is 1. The summed E-state index contributed by atoms with van der Waals surface area (Å²) in [5.74, 6) is -0.146. The van der Waals surface area contributed by atoms with E-state index in [1.165, 1.54) is 0 Å². The van der Waals surface area contributed by atoms with Crippen molar-refractivity contribution in [1.29, 1.82) is 0 Å². The molecule has 2 aromatic rings. The van der Waals surface area contributed by atoms with Crippen molar-refractivity contribution in [1.82, 2.24) is 5.32 Å². The van der Waals surface area contributed by atoms with E-state index in [1.807, 2.05) is 18.2 Å². The predicted octanol–water partition coefficient (Wildman–Crippen LogP) is 4.18. The standard InChI is InChI=1S/C22H28N2O3/c1-15(2)21(17-8-6-5-7-9-17)23-14-20(25)24-19-12-10-18(11-13-19)22(26)27-16(3)4/h5-13,15-16,21,23H,14H2,1-4H3,(H,24,25)/t21-/m0/s1. The van der Waals surface area contributed by atoms with Crippen LogP contribution in [0, 0.1) is 5.92 Å². The van der Waals surface area contributed by atoms with Gasteiger partial charge in [-0.1, -0.05) is 44.2 Å². The molecule has 1 amide bonds. The highest BCUT2D eigenvalue weighted by molar-refractivity contribution is 5.94. The normalized spacial score (nSPS) is 12.1. The van der Waals surface area contributed by atoms with Crippen molar-refractivity contribution in [3.63, 3.8) is 0 Å². The number of hydrogen-bond acceptors (Lipinski definition) is 4. The monoisotopic (exact) mass is 368 g/mol. The maximum absolute atomic E-state index is 12.3. The van der Waals surface area contributed by atoms with E-state index in [0.29, 0.717) is 17.2 Å². The highest BCUT2D eigenvalue weighted by Crippen LogP contribution is 2.21. The average Bonchev–Trinajstić information content (AvgIpc) is 2.62. The van der Waals surface area contributed by atoms with Gasteiger partial charge in [-0.05, 0) is 49.6 Å². The number of amides is 1. The van der Waals surface area contributed by atoms with Gasteiger partial charge in [0.05, 0.1) is 18.2 Å². The first kappa shape index (κ1) is 20.6. The number of hydrogen-bond donors (Lipinski definition) is 2. The molecule has 27 heavy (non-hydrogen) atoms. The molecule has 0 heterocycles. The molecule has 0 aromatic heterocycles. The zero-order valence-electron chi connectivity index (χ0n) is 16.4. The maximum Gasteiger partial charge on any atom is 0.338 e. The van der Waals surface area contributed by atoms with Crippen molar-refractivity contribution in [3.8, 4) is 0 Å².